The van der Waals surface area contributed by atoms with Gasteiger partial charge in [0.05, 0.1) is 12.3 Å². The van der Waals surface area contributed by atoms with Crippen LogP contribution in [0.25, 0.3) is 0 Å². The molecule has 0 radical (unpaired) electrons. The molecule has 2 N–H and O–H groups in total. The van der Waals surface area contributed by atoms with Crippen molar-refractivity contribution in [2.45, 2.75) is 83.1 Å². The molecule has 2 rings (SSSR count). The van der Waals surface area contributed by atoms with Crippen molar-refractivity contribution >= 4 is 0 Å². The van der Waals surface area contributed by atoms with Gasteiger partial charge in [-0.3, -0.25) is 4.90 Å². The molecule has 4 heteroatoms. The van der Waals surface area contributed by atoms with Crippen LogP contribution in [0.15, 0.2) is 0 Å². The Bertz CT molecular complexity index is 286. The largest absolute Gasteiger partial charge is 0.393 e. The van der Waals surface area contributed by atoms with Crippen LogP contribution in [0, 0.1) is 0 Å². The van der Waals surface area contributed by atoms with E-state index in [0.717, 1.165) is 32.2 Å². The number of hydrogen-bond acceptors (Lipinski definition) is 4. The molecule has 0 saturated carbocycles. The first-order valence-corrected chi connectivity index (χ1v) is 7.17. The molecule has 106 valence electrons. The van der Waals surface area contributed by atoms with Gasteiger partial charge in [0.1, 0.15) is 0 Å². The van der Waals surface area contributed by atoms with Crippen LogP contribution in [0.5, 0.6) is 0 Å². The Kier molecular flexibility index (Phi) is 3.76. The molecule has 0 bridgehead atoms. The molecule has 1 atom stereocenters. The van der Waals surface area contributed by atoms with E-state index in [1.165, 1.54) is 11.5 Å². The Morgan fingerprint density at radius 1 is 1.00 bits per heavy atom. The van der Waals surface area contributed by atoms with Gasteiger partial charge >= 0.3 is 0 Å². The fourth-order valence-electron chi connectivity index (χ4n) is 4.21. The predicted octanol–water partition coefficient (Wildman–Crippen LogP) is 2.20. The van der Waals surface area contributed by atoms with Gasteiger partial charge in [-0.2, -0.15) is 5.06 Å². The first-order chi connectivity index (χ1) is 8.24. The summed E-state index contributed by atoms with van der Waals surface area (Å²) in [5, 5.41) is 21.7. The molecule has 0 spiro atoms. The van der Waals surface area contributed by atoms with Crippen LogP contribution in [0.4, 0.5) is 0 Å². The van der Waals surface area contributed by atoms with Crippen molar-refractivity contribution in [3.05, 3.63) is 0 Å². The second-order valence-electron chi connectivity index (χ2n) is 7.20. The molecule has 2 aliphatic heterocycles. The van der Waals surface area contributed by atoms with Gasteiger partial charge < -0.3 is 10.3 Å². The Labute approximate surface area is 111 Å². The van der Waals surface area contributed by atoms with Gasteiger partial charge in [0.25, 0.3) is 0 Å². The second-order valence-corrected chi connectivity index (χ2v) is 7.20. The topological polar surface area (TPSA) is 46.9 Å². The van der Waals surface area contributed by atoms with Crippen molar-refractivity contribution in [3.8, 4) is 0 Å². The summed E-state index contributed by atoms with van der Waals surface area (Å²) in [6.07, 6.45) is 4.68. The van der Waals surface area contributed by atoms with Crippen molar-refractivity contribution in [2.75, 3.05) is 6.54 Å². The highest BCUT2D eigenvalue weighted by Crippen LogP contribution is 2.42. The third-order valence-corrected chi connectivity index (χ3v) is 4.52. The lowest BCUT2D eigenvalue weighted by Crippen LogP contribution is -2.68. The summed E-state index contributed by atoms with van der Waals surface area (Å²) in [5.41, 5.74) is -0.158. The zero-order valence-corrected chi connectivity index (χ0v) is 12.2. The molecule has 4 nitrogen and oxygen atoms in total. The number of hydroxylamine groups is 2. The first kappa shape index (κ1) is 14.3. The highest BCUT2D eigenvalue weighted by Gasteiger charge is 2.49. The lowest BCUT2D eigenvalue weighted by molar-refractivity contribution is -0.239. The lowest BCUT2D eigenvalue weighted by Gasteiger charge is -2.59. The molecule has 0 amide bonds. The summed E-state index contributed by atoms with van der Waals surface area (Å²) in [5.74, 6) is 0. The van der Waals surface area contributed by atoms with E-state index in [4.69, 9.17) is 0 Å². The molecule has 0 aliphatic carbocycles. The summed E-state index contributed by atoms with van der Waals surface area (Å²) >= 11 is 0. The third-order valence-electron chi connectivity index (χ3n) is 4.52. The number of aliphatic hydroxyl groups is 1. The number of nitrogens with zero attached hydrogens (tertiary/aromatic N) is 2. The monoisotopic (exact) mass is 256 g/mol. The fourth-order valence-corrected chi connectivity index (χ4v) is 4.21. The van der Waals surface area contributed by atoms with Crippen LogP contribution in [-0.4, -0.2) is 50.2 Å². The van der Waals surface area contributed by atoms with Crippen molar-refractivity contribution in [1.29, 1.82) is 0 Å². The van der Waals surface area contributed by atoms with Crippen molar-refractivity contribution in [1.82, 2.24) is 9.96 Å². The maximum atomic E-state index is 10.2. The Balaban J connectivity index is 2.26. The van der Waals surface area contributed by atoms with E-state index < -0.39 is 0 Å². The van der Waals surface area contributed by atoms with Gasteiger partial charge in [0, 0.05) is 17.6 Å². The van der Waals surface area contributed by atoms with E-state index in [0.29, 0.717) is 0 Å². The Morgan fingerprint density at radius 2 is 1.56 bits per heavy atom. The molecule has 0 aromatic rings. The van der Waals surface area contributed by atoms with Crippen LogP contribution >= 0.6 is 0 Å². The minimum absolute atomic E-state index is 0.0792. The van der Waals surface area contributed by atoms with E-state index in [1.54, 1.807) is 0 Å². The molecule has 2 aliphatic rings. The van der Waals surface area contributed by atoms with E-state index in [2.05, 4.69) is 32.6 Å². The molecule has 2 saturated heterocycles. The quantitative estimate of drug-likeness (QED) is 0.755. The van der Waals surface area contributed by atoms with E-state index in [-0.39, 0.29) is 23.3 Å². The van der Waals surface area contributed by atoms with Gasteiger partial charge in [0.15, 0.2) is 0 Å². The van der Waals surface area contributed by atoms with Crippen molar-refractivity contribution < 1.29 is 10.3 Å². The minimum atomic E-state index is -0.234. The maximum Gasteiger partial charge on any atom is 0.0874 e. The summed E-state index contributed by atoms with van der Waals surface area (Å²) in [4.78, 5) is 2.42. The predicted molar refractivity (Wildman–Crippen MR) is 71.4 cm³/mol. The van der Waals surface area contributed by atoms with E-state index in [1.807, 2.05) is 0 Å². The summed E-state index contributed by atoms with van der Waals surface area (Å²) in [6.45, 7) is 9.48. The van der Waals surface area contributed by atoms with Gasteiger partial charge in [-0.05, 0) is 59.8 Å². The number of rotatable bonds is 1. The van der Waals surface area contributed by atoms with Crippen LogP contribution in [-0.2, 0) is 0 Å². The van der Waals surface area contributed by atoms with Crippen molar-refractivity contribution in [3.63, 3.8) is 0 Å². The number of aliphatic hydroxyl groups excluding tert-OH is 1. The summed E-state index contributed by atoms with van der Waals surface area (Å²) < 4.78 is 0. The van der Waals surface area contributed by atoms with Crippen LogP contribution in [0.1, 0.15) is 59.8 Å². The van der Waals surface area contributed by atoms with E-state index in [9.17, 15) is 10.3 Å². The number of piperidine rings is 2. The van der Waals surface area contributed by atoms with Crippen molar-refractivity contribution in [2.24, 2.45) is 0 Å². The van der Waals surface area contributed by atoms with Gasteiger partial charge in [-0.25, -0.2) is 0 Å². The molecule has 0 aromatic carbocycles. The van der Waals surface area contributed by atoms with Gasteiger partial charge in [-0.15, -0.1) is 0 Å². The van der Waals surface area contributed by atoms with Crippen LogP contribution in [0.3, 0.4) is 0 Å². The van der Waals surface area contributed by atoms with Gasteiger partial charge in [-0.1, -0.05) is 0 Å². The molecular weight excluding hydrogens is 228 g/mol. The smallest absolute Gasteiger partial charge is 0.0874 e. The highest BCUT2D eigenvalue weighted by atomic mass is 16.5. The number of hydrogen-bond donors (Lipinski definition) is 2. The summed E-state index contributed by atoms with van der Waals surface area (Å²) in [6, 6.07) is 0. The van der Waals surface area contributed by atoms with E-state index >= 15 is 0 Å². The fraction of sp³-hybridized carbons (Fsp3) is 1.00. The first-order valence-electron chi connectivity index (χ1n) is 7.17. The molecule has 0 aromatic heterocycles. The van der Waals surface area contributed by atoms with Crippen LogP contribution in [0.2, 0.25) is 0 Å². The number of likely N-dealkylation sites (tertiary alicyclic amines) is 1. The summed E-state index contributed by atoms with van der Waals surface area (Å²) in [7, 11) is 0. The SMILES string of the molecule is CC1(C)CC(O)CC(C)(C)N1C1CCCCN1O. The zero-order chi connectivity index (χ0) is 13.6. The lowest BCUT2D eigenvalue weighted by atomic mass is 9.77. The Morgan fingerprint density at radius 3 is 2.06 bits per heavy atom. The average molecular weight is 256 g/mol. The zero-order valence-electron chi connectivity index (χ0n) is 12.2. The molecule has 18 heavy (non-hydrogen) atoms. The van der Waals surface area contributed by atoms with Crippen LogP contribution < -0.4 is 0 Å². The standard InChI is InChI=1S/C14H28N2O2/c1-13(2)9-11(17)10-14(3,4)16(13)12-7-5-6-8-15(12)18/h11-12,17-18H,5-10H2,1-4H3. The molecule has 1 unspecified atom stereocenters. The second kappa shape index (κ2) is 4.75. The Hall–Kier alpha value is -0.160. The normalized spacial score (nSPS) is 34.7. The molecular formula is C14H28N2O2. The maximum absolute atomic E-state index is 10.2. The minimum Gasteiger partial charge on any atom is -0.393 e. The highest BCUT2D eigenvalue weighted by molar-refractivity contribution is 5.02. The third kappa shape index (κ3) is 2.57. The molecule has 2 fully saturated rings. The average Bonchev–Trinajstić information content (AvgIpc) is 2.16. The molecule has 2 heterocycles. The van der Waals surface area contributed by atoms with Gasteiger partial charge in [0.2, 0.25) is 0 Å².